The zero-order valence-corrected chi connectivity index (χ0v) is 17.4. The lowest BCUT2D eigenvalue weighted by atomic mass is 10.1. The summed E-state index contributed by atoms with van der Waals surface area (Å²) in [7, 11) is 1.46. The first-order valence-electron chi connectivity index (χ1n) is 9.04. The number of benzene rings is 1. The smallest absolute Gasteiger partial charge is 0.265 e. The van der Waals surface area contributed by atoms with Crippen LogP contribution in [0.5, 0.6) is 5.75 Å². The van der Waals surface area contributed by atoms with E-state index in [4.69, 9.17) is 25.8 Å². The number of carbonyl (C=O) groups excluding carboxylic acids is 2. The quantitative estimate of drug-likeness (QED) is 0.726. The molecular weight excluding hydrogens is 404 g/mol. The van der Waals surface area contributed by atoms with Crippen molar-refractivity contribution in [3.63, 3.8) is 0 Å². The average molecular weight is 427 g/mol. The number of hydrogen-bond acceptors (Lipinski definition) is 6. The van der Waals surface area contributed by atoms with Crippen molar-refractivity contribution in [1.82, 2.24) is 5.32 Å². The van der Waals surface area contributed by atoms with Crippen molar-refractivity contribution < 1.29 is 23.8 Å². The molecule has 2 aliphatic heterocycles. The van der Waals surface area contributed by atoms with Crippen molar-refractivity contribution in [2.75, 3.05) is 37.9 Å². The van der Waals surface area contributed by atoms with Gasteiger partial charge in [0.2, 0.25) is 0 Å². The summed E-state index contributed by atoms with van der Waals surface area (Å²) >= 11 is 7.75. The molecule has 7 nitrogen and oxygen atoms in total. The van der Waals surface area contributed by atoms with E-state index in [1.807, 2.05) is 0 Å². The van der Waals surface area contributed by atoms with E-state index in [0.717, 1.165) is 19.4 Å². The minimum atomic E-state index is -0.304. The summed E-state index contributed by atoms with van der Waals surface area (Å²) in [5.74, 6) is 1.01. The molecule has 1 saturated heterocycles. The van der Waals surface area contributed by atoms with E-state index in [1.54, 1.807) is 13.0 Å². The van der Waals surface area contributed by atoms with Gasteiger partial charge < -0.3 is 24.8 Å². The molecule has 0 aromatic heterocycles. The van der Waals surface area contributed by atoms with Crippen LogP contribution in [0, 0.1) is 0 Å². The maximum atomic E-state index is 12.5. The van der Waals surface area contributed by atoms with Crippen LogP contribution in [0.25, 0.3) is 0 Å². The standard InChI is InChI=1S/C19H23ClN2O5S/c1-11-17(28-7-6-26-11)19(24)22-15-9-16(25-2)13(8-14(15)20)18(23)21-10-12-4-3-5-27-12/h8-9,12H,3-7,10H2,1-2H3,(H,21,23)(H,22,24)/t12-/m0/s1. The maximum absolute atomic E-state index is 12.5. The van der Waals surface area contributed by atoms with Gasteiger partial charge in [-0.3, -0.25) is 9.59 Å². The number of halogens is 1. The van der Waals surface area contributed by atoms with E-state index in [2.05, 4.69) is 10.6 Å². The molecular formula is C19H23ClN2O5S. The lowest BCUT2D eigenvalue weighted by Gasteiger charge is -2.19. The molecule has 0 unspecified atom stereocenters. The fourth-order valence-corrected chi connectivity index (χ4v) is 4.04. The molecule has 1 aromatic rings. The Kier molecular flexibility index (Phi) is 7.09. The summed E-state index contributed by atoms with van der Waals surface area (Å²) in [5, 5.41) is 5.86. The highest BCUT2D eigenvalue weighted by molar-refractivity contribution is 8.04. The van der Waals surface area contributed by atoms with Crippen LogP contribution in [0.4, 0.5) is 5.69 Å². The fraction of sp³-hybridized carbons (Fsp3) is 0.474. The molecule has 3 rings (SSSR count). The van der Waals surface area contributed by atoms with Gasteiger partial charge in [0.25, 0.3) is 11.8 Å². The first kappa shape index (κ1) is 20.8. The molecule has 9 heteroatoms. The highest BCUT2D eigenvalue weighted by Crippen LogP contribution is 2.33. The molecule has 2 heterocycles. The molecule has 0 saturated carbocycles. The lowest BCUT2D eigenvalue weighted by Crippen LogP contribution is -2.32. The van der Waals surface area contributed by atoms with Crippen molar-refractivity contribution in [2.45, 2.75) is 25.9 Å². The number of anilines is 1. The first-order chi connectivity index (χ1) is 13.5. The van der Waals surface area contributed by atoms with Crippen LogP contribution in [0.15, 0.2) is 22.8 Å². The summed E-state index contributed by atoms with van der Waals surface area (Å²) in [4.78, 5) is 25.6. The number of thioether (sulfide) groups is 1. The van der Waals surface area contributed by atoms with Crippen molar-refractivity contribution in [3.8, 4) is 5.75 Å². The molecule has 0 spiro atoms. The normalized spacial score (nSPS) is 19.2. The van der Waals surface area contributed by atoms with Gasteiger partial charge >= 0.3 is 0 Å². The third-order valence-corrected chi connectivity index (χ3v) is 5.92. The zero-order chi connectivity index (χ0) is 20.1. The molecule has 1 fully saturated rings. The molecule has 0 aliphatic carbocycles. The van der Waals surface area contributed by atoms with Gasteiger partial charge in [-0.1, -0.05) is 11.6 Å². The number of rotatable bonds is 6. The van der Waals surface area contributed by atoms with Gasteiger partial charge in [0.1, 0.15) is 16.4 Å². The summed E-state index contributed by atoms with van der Waals surface area (Å²) in [6.07, 6.45) is 1.97. The number of amides is 2. The van der Waals surface area contributed by atoms with E-state index >= 15 is 0 Å². The largest absolute Gasteiger partial charge is 0.496 e. The molecule has 1 aromatic carbocycles. The Hall–Kier alpha value is -1.90. The Morgan fingerprint density at radius 3 is 2.82 bits per heavy atom. The van der Waals surface area contributed by atoms with E-state index in [9.17, 15) is 9.59 Å². The topological polar surface area (TPSA) is 85.9 Å². The fourth-order valence-electron chi connectivity index (χ4n) is 3.01. The van der Waals surface area contributed by atoms with Gasteiger partial charge in [-0.2, -0.15) is 0 Å². The molecule has 2 N–H and O–H groups in total. The van der Waals surface area contributed by atoms with Crippen molar-refractivity contribution in [1.29, 1.82) is 0 Å². The second kappa shape index (κ2) is 9.54. The minimum absolute atomic E-state index is 0.0377. The van der Waals surface area contributed by atoms with Crippen molar-refractivity contribution >= 4 is 40.9 Å². The molecule has 2 aliphatic rings. The Bertz CT molecular complexity index is 793. The van der Waals surface area contributed by atoms with E-state index < -0.39 is 0 Å². The van der Waals surface area contributed by atoms with Crippen LogP contribution < -0.4 is 15.4 Å². The molecule has 28 heavy (non-hydrogen) atoms. The van der Waals surface area contributed by atoms with Gasteiger partial charge in [-0.05, 0) is 25.8 Å². The second-order valence-electron chi connectivity index (χ2n) is 6.41. The van der Waals surface area contributed by atoms with E-state index in [0.29, 0.717) is 46.6 Å². The number of nitrogens with one attached hydrogen (secondary N) is 2. The Balaban J connectivity index is 1.73. The highest BCUT2D eigenvalue weighted by Gasteiger charge is 2.23. The molecule has 152 valence electrons. The Morgan fingerprint density at radius 2 is 2.14 bits per heavy atom. The van der Waals surface area contributed by atoms with Crippen molar-refractivity contribution in [2.24, 2.45) is 0 Å². The molecule has 2 amide bonds. The van der Waals surface area contributed by atoms with Crippen LogP contribution in [0.2, 0.25) is 5.02 Å². The number of carbonyl (C=O) groups is 2. The minimum Gasteiger partial charge on any atom is -0.496 e. The van der Waals surface area contributed by atoms with Gasteiger partial charge in [0.15, 0.2) is 0 Å². The Morgan fingerprint density at radius 1 is 1.32 bits per heavy atom. The summed E-state index contributed by atoms with van der Waals surface area (Å²) in [5.41, 5.74) is 0.667. The van der Waals surface area contributed by atoms with Crippen LogP contribution >= 0.6 is 23.4 Å². The summed E-state index contributed by atoms with van der Waals surface area (Å²) < 4.78 is 16.3. The predicted molar refractivity (Wildman–Crippen MR) is 109 cm³/mol. The second-order valence-corrected chi connectivity index (χ2v) is 7.93. The van der Waals surface area contributed by atoms with Gasteiger partial charge in [-0.25, -0.2) is 0 Å². The molecule has 0 bridgehead atoms. The summed E-state index contributed by atoms with van der Waals surface area (Å²) in [6.45, 7) is 3.49. The number of ether oxygens (including phenoxy) is 3. The number of hydrogen-bond donors (Lipinski definition) is 2. The molecule has 0 radical (unpaired) electrons. The van der Waals surface area contributed by atoms with Crippen LogP contribution in [0.3, 0.4) is 0 Å². The van der Waals surface area contributed by atoms with Gasteiger partial charge in [0, 0.05) is 25.0 Å². The van der Waals surface area contributed by atoms with Crippen LogP contribution in [0.1, 0.15) is 30.1 Å². The monoisotopic (exact) mass is 426 g/mol. The number of allylic oxidation sites excluding steroid dienone is 1. The summed E-state index contributed by atoms with van der Waals surface area (Å²) in [6, 6.07) is 3.04. The third-order valence-electron chi connectivity index (χ3n) is 4.47. The maximum Gasteiger partial charge on any atom is 0.265 e. The van der Waals surface area contributed by atoms with Crippen LogP contribution in [-0.4, -0.2) is 50.5 Å². The molecule has 1 atom stereocenters. The third kappa shape index (κ3) is 4.92. The highest BCUT2D eigenvalue weighted by atomic mass is 35.5. The van der Waals surface area contributed by atoms with Crippen molar-refractivity contribution in [3.05, 3.63) is 33.4 Å². The van der Waals surface area contributed by atoms with E-state index in [1.165, 1.54) is 24.9 Å². The van der Waals surface area contributed by atoms with Crippen LogP contribution in [-0.2, 0) is 14.3 Å². The first-order valence-corrected chi connectivity index (χ1v) is 10.4. The average Bonchev–Trinajstić information content (AvgIpc) is 3.21. The Labute approximate surface area is 173 Å². The predicted octanol–water partition coefficient (Wildman–Crippen LogP) is 3.19. The van der Waals surface area contributed by atoms with Gasteiger partial charge in [-0.15, -0.1) is 11.8 Å². The lowest BCUT2D eigenvalue weighted by molar-refractivity contribution is -0.112. The SMILES string of the molecule is COc1cc(NC(=O)C2=C(C)OCCS2)c(Cl)cc1C(=O)NC[C@@H]1CCCO1. The zero-order valence-electron chi connectivity index (χ0n) is 15.8. The number of methoxy groups -OCH3 is 1. The van der Waals surface area contributed by atoms with Gasteiger partial charge in [0.05, 0.1) is 36.1 Å². The van der Waals surface area contributed by atoms with E-state index in [-0.39, 0.29) is 22.9 Å².